The molecule has 1 fully saturated rings. The van der Waals surface area contributed by atoms with Crippen molar-refractivity contribution >= 4 is 57.7 Å². The molecule has 1 aromatic heterocycles. The SMILES string of the molecule is CC[N+](CC)(CC)O[PH+]([S-])O[C@H]1[C@@H](O[Si](C)(C)C(C)(C)C)[C@H](N2C=[N+]c3c(NC(=O)COc4ccccc4)ncnc32)O[C@@H]1COC(c1ccccc1)(c1ccc(OC)cc1)c1ccc(OC)cc1. The number of hydroxylamine groups is 3. The maximum absolute atomic E-state index is 13.2. The van der Waals surface area contributed by atoms with Crippen LogP contribution in [0.3, 0.4) is 0 Å². The summed E-state index contributed by atoms with van der Waals surface area (Å²) in [6.45, 7) is 19.1. The zero-order chi connectivity index (χ0) is 49.4. The summed E-state index contributed by atoms with van der Waals surface area (Å²) in [7, 11) is -1.73. The molecule has 0 saturated carbocycles. The molecule has 367 valence electrons. The fourth-order valence-electron chi connectivity index (χ4n) is 8.25. The van der Waals surface area contributed by atoms with Crippen molar-refractivity contribution in [3.63, 3.8) is 0 Å². The zero-order valence-electron chi connectivity index (χ0n) is 41.2. The number of ether oxygens (including phenoxy) is 5. The molecule has 1 unspecified atom stereocenters. The maximum atomic E-state index is 13.2. The number of rotatable bonds is 22. The zero-order valence-corrected chi connectivity index (χ0v) is 44.0. The molecule has 69 heavy (non-hydrogen) atoms. The van der Waals surface area contributed by atoms with Gasteiger partial charge in [-0.05, 0) is 97.0 Å². The number of para-hydroxylation sites is 1. The van der Waals surface area contributed by atoms with Crippen LogP contribution in [0.25, 0.3) is 0 Å². The number of aromatic nitrogens is 2. The van der Waals surface area contributed by atoms with Gasteiger partial charge in [-0.2, -0.15) is 9.88 Å². The molecule has 1 radical (unpaired) electrons. The fourth-order valence-corrected chi connectivity index (χ4v) is 11.6. The van der Waals surface area contributed by atoms with E-state index in [1.807, 2.05) is 89.8 Å². The van der Waals surface area contributed by atoms with Crippen LogP contribution in [0.5, 0.6) is 17.2 Å². The van der Waals surface area contributed by atoms with E-state index in [4.69, 9.17) is 59.5 Å². The lowest BCUT2D eigenvalue weighted by Crippen LogP contribution is -2.53. The quantitative estimate of drug-likeness (QED) is 0.0176. The van der Waals surface area contributed by atoms with Crippen LogP contribution in [-0.2, 0) is 45.7 Å². The van der Waals surface area contributed by atoms with Crippen LogP contribution in [0, 0.1) is 0 Å². The molecule has 5 atom stereocenters. The van der Waals surface area contributed by atoms with E-state index < -0.39 is 51.9 Å². The van der Waals surface area contributed by atoms with Crippen molar-refractivity contribution < 1.29 is 46.7 Å². The van der Waals surface area contributed by atoms with Gasteiger partial charge in [0.2, 0.25) is 13.8 Å². The number of carbonyl (C=O) groups is 1. The van der Waals surface area contributed by atoms with Gasteiger partial charge in [0.15, 0.2) is 26.8 Å². The molecule has 2 aliphatic rings. The summed E-state index contributed by atoms with van der Waals surface area (Å²) in [5.74, 6) is 2.20. The molecule has 18 heteroatoms. The molecular formula is C51H66N6O9PSSi+2. The van der Waals surface area contributed by atoms with Gasteiger partial charge in [-0.25, -0.2) is 9.51 Å². The van der Waals surface area contributed by atoms with Crippen LogP contribution >= 0.6 is 7.58 Å². The van der Waals surface area contributed by atoms with E-state index in [2.05, 4.69) is 77.1 Å². The van der Waals surface area contributed by atoms with Crippen molar-refractivity contribution in [1.29, 1.82) is 0 Å². The second kappa shape index (κ2) is 22.4. The Labute approximate surface area is 414 Å². The molecular weight excluding hydrogens is 932 g/mol. The largest absolute Gasteiger partial charge is 0.497 e. The normalized spacial score (nSPS) is 18.7. The number of carbonyl (C=O) groups excluding carboxylic acids is 1. The second-order valence-electron chi connectivity index (χ2n) is 18.3. The summed E-state index contributed by atoms with van der Waals surface area (Å²) >= 11 is 6.19. The smallest absolute Gasteiger partial charge is 0.291 e. The highest BCUT2D eigenvalue weighted by Crippen LogP contribution is 2.49. The molecule has 1 amide bonds. The summed E-state index contributed by atoms with van der Waals surface area (Å²) in [6.07, 6.45) is -0.170. The Balaban J connectivity index is 1.31. The Bertz CT molecular complexity index is 2430. The highest BCUT2D eigenvalue weighted by Gasteiger charge is 2.59. The summed E-state index contributed by atoms with van der Waals surface area (Å²) in [5, 5.41) is 2.65. The number of fused-ring (bicyclic) bond motifs is 1. The second-order valence-corrected chi connectivity index (χ2v) is 25.0. The standard InChI is InChI=1S/C51H65N6O9PSSi/c1-11-57(12-2,13-3)66-67(68)64-45-42(32-62-51(36-20-16-14-17-21-36,37-24-28-39(59-7)29-25-37)38-26-30-40(60-8)31-27-38)63-49(46(45)65-69(9,10)50(4,5)6)56-35-54-44-47(52-34-53-48(44)56)55-43(58)33-61-41-22-18-15-19-23-41/h14-31,34-35,42,45-46,49,67H,11-13,32-33H2,1-10H3/q+1/p+1/t42-,45-,46-,49-/m1/s1. The van der Waals surface area contributed by atoms with Crippen molar-refractivity contribution in [2.75, 3.05) is 57.3 Å². The van der Waals surface area contributed by atoms with Gasteiger partial charge in [-0.1, -0.05) is 98.2 Å². The molecule has 4 aromatic carbocycles. The van der Waals surface area contributed by atoms with Crippen molar-refractivity contribution in [2.45, 2.75) is 89.8 Å². The lowest BCUT2D eigenvalue weighted by Gasteiger charge is -2.40. The van der Waals surface area contributed by atoms with Crippen LogP contribution < -0.4 is 29.4 Å². The minimum Gasteiger partial charge on any atom is -0.497 e. The van der Waals surface area contributed by atoms with Crippen LogP contribution in [0.2, 0.25) is 18.1 Å². The van der Waals surface area contributed by atoms with Crippen molar-refractivity contribution in [2.24, 2.45) is 0 Å². The number of amides is 1. The van der Waals surface area contributed by atoms with Crippen LogP contribution in [0.1, 0.15) is 58.2 Å². The van der Waals surface area contributed by atoms with Gasteiger partial charge < -0.3 is 45.7 Å². The first-order chi connectivity index (χ1) is 33.1. The van der Waals surface area contributed by atoms with E-state index in [1.165, 1.54) is 6.33 Å². The number of hydrogen-bond donors (Lipinski definition) is 1. The number of quaternary nitrogens is 1. The van der Waals surface area contributed by atoms with Crippen LogP contribution in [-0.4, -0.2) is 107 Å². The van der Waals surface area contributed by atoms with Gasteiger partial charge in [-0.15, -0.1) is 4.65 Å². The predicted octanol–water partition coefficient (Wildman–Crippen LogP) is 9.15. The van der Waals surface area contributed by atoms with E-state index in [9.17, 15) is 4.79 Å². The molecule has 1 N–H and O–H groups in total. The third-order valence-corrected chi connectivity index (χ3v) is 19.4. The van der Waals surface area contributed by atoms with Gasteiger partial charge in [-0.3, -0.25) is 4.79 Å². The molecule has 7 rings (SSSR count). The van der Waals surface area contributed by atoms with E-state index in [0.29, 0.717) is 53.0 Å². The lowest BCUT2D eigenvalue weighted by molar-refractivity contribution is -1.08. The van der Waals surface area contributed by atoms with Crippen LogP contribution in [0.4, 0.5) is 17.3 Å². The molecule has 3 heterocycles. The summed E-state index contributed by atoms with van der Waals surface area (Å²) in [5.41, 5.74) is 1.77. The van der Waals surface area contributed by atoms with Crippen molar-refractivity contribution in [3.8, 4) is 17.2 Å². The summed E-state index contributed by atoms with van der Waals surface area (Å²) in [4.78, 5) is 28.9. The number of nitrogens with one attached hydrogen (secondary N) is 1. The van der Waals surface area contributed by atoms with Crippen molar-refractivity contribution in [3.05, 3.63) is 132 Å². The predicted molar refractivity (Wildman–Crippen MR) is 275 cm³/mol. The Kier molecular flexibility index (Phi) is 16.9. The monoisotopic (exact) mass is 997 g/mol. The van der Waals surface area contributed by atoms with E-state index in [1.54, 1.807) is 32.7 Å². The van der Waals surface area contributed by atoms with Crippen LogP contribution in [0.15, 0.2) is 116 Å². The molecule has 1 saturated heterocycles. The Morgan fingerprint density at radius 1 is 0.812 bits per heavy atom. The topological polar surface area (TPSA) is 146 Å². The number of aliphatic imine (C=N–C) groups is 1. The van der Waals surface area contributed by atoms with Crippen molar-refractivity contribution in [1.82, 2.24) is 15.0 Å². The van der Waals surface area contributed by atoms with E-state index in [-0.39, 0.29) is 24.1 Å². The first-order valence-electron chi connectivity index (χ1n) is 23.3. The highest BCUT2D eigenvalue weighted by atomic mass is 32.7. The van der Waals surface area contributed by atoms with Gasteiger partial charge in [0.1, 0.15) is 61.0 Å². The first-order valence-corrected chi connectivity index (χ1v) is 28.7. The van der Waals surface area contributed by atoms with E-state index in [0.717, 1.165) is 16.7 Å². The minimum absolute atomic E-state index is 0.00955. The molecule has 0 bridgehead atoms. The summed E-state index contributed by atoms with van der Waals surface area (Å²) in [6, 6.07) is 35.0. The van der Waals surface area contributed by atoms with E-state index >= 15 is 0 Å². The number of methoxy groups -OCH3 is 2. The Morgan fingerprint density at radius 2 is 1.38 bits per heavy atom. The Hall–Kier alpha value is -4.94. The molecule has 0 spiro atoms. The third-order valence-electron chi connectivity index (χ3n) is 13.4. The highest BCUT2D eigenvalue weighted by molar-refractivity contribution is 8.29. The molecule has 0 aliphatic carbocycles. The fraction of sp³-hybridized carbons (Fsp3) is 0.412. The number of anilines is 2. The molecule has 2 aliphatic heterocycles. The number of hydrogen-bond acceptors (Lipinski definition) is 14. The van der Waals surface area contributed by atoms with Gasteiger partial charge >= 0.3 is 0 Å². The summed E-state index contributed by atoms with van der Waals surface area (Å²) < 4.78 is 53.3. The van der Waals surface area contributed by atoms with Gasteiger partial charge in [0.05, 0.1) is 20.8 Å². The number of benzene rings is 4. The number of nitrogens with zero attached hydrogens (tertiary/aromatic N) is 5. The lowest BCUT2D eigenvalue weighted by atomic mass is 9.80. The minimum atomic E-state index is -2.62. The van der Waals surface area contributed by atoms with Gasteiger partial charge in [0, 0.05) is 0 Å². The molecule has 15 nitrogen and oxygen atoms in total. The van der Waals surface area contributed by atoms with Gasteiger partial charge in [0.25, 0.3) is 23.8 Å². The maximum Gasteiger partial charge on any atom is 0.291 e. The average molecular weight is 998 g/mol. The third kappa shape index (κ3) is 11.5. The molecule has 5 aromatic rings. The first kappa shape index (κ1) is 51.9. The Morgan fingerprint density at radius 3 is 1.93 bits per heavy atom. The average Bonchev–Trinajstić information content (AvgIpc) is 3.94.